The predicted octanol–water partition coefficient (Wildman–Crippen LogP) is 2.26. The summed E-state index contributed by atoms with van der Waals surface area (Å²) in [7, 11) is 1.68. The van der Waals surface area contributed by atoms with Gasteiger partial charge in [0, 0.05) is 24.7 Å². The molecule has 5 heteroatoms. The summed E-state index contributed by atoms with van der Waals surface area (Å²) < 4.78 is 5.94. The number of rotatable bonds is 5. The van der Waals surface area contributed by atoms with Gasteiger partial charge in [-0.1, -0.05) is 15.9 Å². The lowest BCUT2D eigenvalue weighted by Crippen LogP contribution is -2.30. The van der Waals surface area contributed by atoms with Crippen molar-refractivity contribution in [2.24, 2.45) is 0 Å². The zero-order valence-electron chi connectivity index (χ0n) is 9.94. The van der Waals surface area contributed by atoms with Crippen LogP contribution in [0.4, 0.5) is 0 Å². The summed E-state index contributed by atoms with van der Waals surface area (Å²) in [5, 5.41) is 9.63. The molecular formula is C12H16BrNO3. The molecule has 0 aromatic heterocycles. The van der Waals surface area contributed by atoms with Crippen LogP contribution in [0.5, 0.6) is 5.75 Å². The Morgan fingerprint density at radius 2 is 2.24 bits per heavy atom. The molecule has 1 N–H and O–H groups in total. The SMILES string of the molecule is CCOCCN(C)C(=O)c1cc(Br)ccc1O. The van der Waals surface area contributed by atoms with Crippen molar-refractivity contribution in [1.82, 2.24) is 4.90 Å². The number of amides is 1. The van der Waals surface area contributed by atoms with E-state index in [-0.39, 0.29) is 11.7 Å². The van der Waals surface area contributed by atoms with Crippen molar-refractivity contribution in [3.8, 4) is 5.75 Å². The second kappa shape index (κ2) is 6.61. The molecule has 1 rings (SSSR count). The third kappa shape index (κ3) is 4.02. The van der Waals surface area contributed by atoms with Gasteiger partial charge in [0.05, 0.1) is 12.2 Å². The minimum absolute atomic E-state index is 0.0125. The van der Waals surface area contributed by atoms with Gasteiger partial charge in [-0.3, -0.25) is 4.79 Å². The summed E-state index contributed by atoms with van der Waals surface area (Å²) in [6, 6.07) is 4.79. The van der Waals surface area contributed by atoms with Gasteiger partial charge in [-0.2, -0.15) is 0 Å². The first-order valence-corrected chi connectivity index (χ1v) is 6.17. The fraction of sp³-hybridized carbons (Fsp3) is 0.417. The average Bonchev–Trinajstić information content (AvgIpc) is 2.31. The first-order valence-electron chi connectivity index (χ1n) is 5.38. The summed E-state index contributed by atoms with van der Waals surface area (Å²) in [6.07, 6.45) is 0. The number of carbonyl (C=O) groups is 1. The van der Waals surface area contributed by atoms with Crippen LogP contribution in [0.2, 0.25) is 0 Å². The Kier molecular flexibility index (Phi) is 5.44. The molecule has 0 bridgehead atoms. The van der Waals surface area contributed by atoms with Crippen LogP contribution in [0.25, 0.3) is 0 Å². The van der Waals surface area contributed by atoms with Crippen molar-refractivity contribution in [3.05, 3.63) is 28.2 Å². The van der Waals surface area contributed by atoms with Crippen molar-refractivity contribution < 1.29 is 14.6 Å². The molecule has 1 aromatic carbocycles. The van der Waals surface area contributed by atoms with E-state index in [0.29, 0.717) is 25.3 Å². The summed E-state index contributed by atoms with van der Waals surface area (Å²) in [5.41, 5.74) is 0.290. The van der Waals surface area contributed by atoms with E-state index in [1.165, 1.54) is 11.0 Å². The molecular weight excluding hydrogens is 286 g/mol. The Balaban J connectivity index is 2.71. The molecule has 0 saturated heterocycles. The number of hydrogen-bond acceptors (Lipinski definition) is 3. The smallest absolute Gasteiger partial charge is 0.257 e. The highest BCUT2D eigenvalue weighted by Gasteiger charge is 2.15. The van der Waals surface area contributed by atoms with Crippen molar-refractivity contribution >= 4 is 21.8 Å². The number of halogens is 1. The Morgan fingerprint density at radius 1 is 1.53 bits per heavy atom. The molecule has 94 valence electrons. The van der Waals surface area contributed by atoms with Crippen LogP contribution >= 0.6 is 15.9 Å². The van der Waals surface area contributed by atoms with Gasteiger partial charge in [0.25, 0.3) is 5.91 Å². The molecule has 17 heavy (non-hydrogen) atoms. The molecule has 0 aliphatic heterocycles. The maximum atomic E-state index is 12.0. The summed E-state index contributed by atoms with van der Waals surface area (Å²) in [5.74, 6) is -0.232. The third-order valence-electron chi connectivity index (χ3n) is 2.31. The van der Waals surface area contributed by atoms with Crippen LogP contribution in [-0.2, 0) is 4.74 Å². The van der Waals surface area contributed by atoms with Crippen LogP contribution in [-0.4, -0.2) is 42.7 Å². The van der Waals surface area contributed by atoms with Crippen LogP contribution in [0.15, 0.2) is 22.7 Å². The second-order valence-electron chi connectivity index (χ2n) is 3.59. The van der Waals surface area contributed by atoms with E-state index in [0.717, 1.165) is 4.47 Å². The van der Waals surface area contributed by atoms with Crippen LogP contribution in [0.1, 0.15) is 17.3 Å². The van der Waals surface area contributed by atoms with Crippen LogP contribution < -0.4 is 0 Å². The number of nitrogens with zero attached hydrogens (tertiary/aromatic N) is 1. The van der Waals surface area contributed by atoms with Crippen molar-refractivity contribution in [2.75, 3.05) is 26.8 Å². The van der Waals surface area contributed by atoms with Gasteiger partial charge in [-0.25, -0.2) is 0 Å². The number of phenolic OH excluding ortho intramolecular Hbond substituents is 1. The van der Waals surface area contributed by atoms with E-state index in [4.69, 9.17) is 4.74 Å². The predicted molar refractivity (Wildman–Crippen MR) is 69.3 cm³/mol. The Bertz CT molecular complexity index is 395. The first kappa shape index (κ1) is 14.0. The van der Waals surface area contributed by atoms with Crippen molar-refractivity contribution in [1.29, 1.82) is 0 Å². The molecule has 0 aliphatic rings. The monoisotopic (exact) mass is 301 g/mol. The largest absolute Gasteiger partial charge is 0.507 e. The van der Waals surface area contributed by atoms with Gasteiger partial charge in [-0.15, -0.1) is 0 Å². The van der Waals surface area contributed by atoms with E-state index in [1.54, 1.807) is 19.2 Å². The highest BCUT2D eigenvalue weighted by molar-refractivity contribution is 9.10. The number of phenols is 1. The van der Waals surface area contributed by atoms with Gasteiger partial charge >= 0.3 is 0 Å². The minimum Gasteiger partial charge on any atom is -0.507 e. The fourth-order valence-electron chi connectivity index (χ4n) is 1.33. The lowest BCUT2D eigenvalue weighted by atomic mass is 10.2. The van der Waals surface area contributed by atoms with E-state index in [9.17, 15) is 9.90 Å². The van der Waals surface area contributed by atoms with Crippen LogP contribution in [0.3, 0.4) is 0 Å². The number of benzene rings is 1. The maximum absolute atomic E-state index is 12.0. The Hall–Kier alpha value is -1.07. The number of carbonyl (C=O) groups excluding carboxylic acids is 1. The lowest BCUT2D eigenvalue weighted by molar-refractivity contribution is 0.0707. The van der Waals surface area contributed by atoms with Gasteiger partial charge in [0.15, 0.2) is 0 Å². The van der Waals surface area contributed by atoms with Gasteiger partial charge in [-0.05, 0) is 25.1 Å². The molecule has 1 aromatic rings. The zero-order valence-corrected chi connectivity index (χ0v) is 11.5. The topological polar surface area (TPSA) is 49.8 Å². The molecule has 0 atom stereocenters. The lowest BCUT2D eigenvalue weighted by Gasteiger charge is -2.17. The summed E-state index contributed by atoms with van der Waals surface area (Å²) in [4.78, 5) is 13.5. The molecule has 4 nitrogen and oxygen atoms in total. The zero-order chi connectivity index (χ0) is 12.8. The second-order valence-corrected chi connectivity index (χ2v) is 4.50. The van der Waals surface area contributed by atoms with Crippen molar-refractivity contribution in [2.45, 2.75) is 6.92 Å². The maximum Gasteiger partial charge on any atom is 0.257 e. The van der Waals surface area contributed by atoms with E-state index < -0.39 is 0 Å². The number of ether oxygens (including phenoxy) is 1. The first-order chi connectivity index (χ1) is 8.06. The highest BCUT2D eigenvalue weighted by Crippen LogP contribution is 2.22. The number of hydrogen-bond donors (Lipinski definition) is 1. The third-order valence-corrected chi connectivity index (χ3v) is 2.80. The highest BCUT2D eigenvalue weighted by atomic mass is 79.9. The molecule has 0 fully saturated rings. The van der Waals surface area contributed by atoms with Crippen molar-refractivity contribution in [3.63, 3.8) is 0 Å². The quantitative estimate of drug-likeness (QED) is 0.849. The molecule has 0 radical (unpaired) electrons. The normalized spacial score (nSPS) is 10.3. The van der Waals surface area contributed by atoms with E-state index in [1.807, 2.05) is 6.92 Å². The van der Waals surface area contributed by atoms with Crippen LogP contribution in [0, 0.1) is 0 Å². The van der Waals surface area contributed by atoms with Gasteiger partial charge in [0.2, 0.25) is 0 Å². The summed E-state index contributed by atoms with van der Waals surface area (Å²) >= 11 is 3.27. The Labute approximate surface area is 109 Å². The molecule has 0 heterocycles. The van der Waals surface area contributed by atoms with E-state index >= 15 is 0 Å². The fourth-order valence-corrected chi connectivity index (χ4v) is 1.69. The van der Waals surface area contributed by atoms with E-state index in [2.05, 4.69) is 15.9 Å². The summed E-state index contributed by atoms with van der Waals surface area (Å²) in [6.45, 7) is 3.53. The molecule has 0 saturated carbocycles. The Morgan fingerprint density at radius 3 is 2.88 bits per heavy atom. The molecule has 0 unspecified atom stereocenters. The molecule has 0 spiro atoms. The van der Waals surface area contributed by atoms with Gasteiger partial charge in [0.1, 0.15) is 5.75 Å². The standard InChI is InChI=1S/C12H16BrNO3/c1-3-17-7-6-14(2)12(16)10-8-9(13)4-5-11(10)15/h4-5,8,15H,3,6-7H2,1-2H3. The number of aromatic hydroxyl groups is 1. The average molecular weight is 302 g/mol. The minimum atomic E-state index is -0.219. The van der Waals surface area contributed by atoms with Gasteiger partial charge < -0.3 is 14.7 Å². The number of likely N-dealkylation sites (N-methyl/N-ethyl adjacent to an activating group) is 1. The molecule has 1 amide bonds. The molecule has 0 aliphatic carbocycles.